The quantitative estimate of drug-likeness (QED) is 0.722. The molecule has 0 bridgehead atoms. The van der Waals surface area contributed by atoms with E-state index in [2.05, 4.69) is 11.4 Å². The van der Waals surface area contributed by atoms with Crippen LogP contribution in [0.15, 0.2) is 18.2 Å². The molecule has 1 aromatic rings. The van der Waals surface area contributed by atoms with Gasteiger partial charge in [-0.05, 0) is 6.07 Å². The number of nitrogens with two attached hydrogens (primary N) is 1. The van der Waals surface area contributed by atoms with Gasteiger partial charge in [-0.3, -0.25) is 0 Å². The monoisotopic (exact) mass is 220 g/mol. The average molecular weight is 220 g/mol. The highest BCUT2D eigenvalue weighted by Gasteiger charge is 2.29. The predicted molar refractivity (Wildman–Crippen MR) is 61.0 cm³/mol. The van der Waals surface area contributed by atoms with Crippen molar-refractivity contribution in [3.05, 3.63) is 23.8 Å². The lowest BCUT2D eigenvalue weighted by Gasteiger charge is -2.24. The SMILES string of the molecule is NC1CNCC1c1cccc2c1OCCO2. The van der Waals surface area contributed by atoms with Gasteiger partial charge in [0.25, 0.3) is 0 Å². The van der Waals surface area contributed by atoms with Crippen LogP contribution < -0.4 is 20.5 Å². The van der Waals surface area contributed by atoms with Crippen LogP contribution in [0.2, 0.25) is 0 Å². The van der Waals surface area contributed by atoms with E-state index in [-0.39, 0.29) is 6.04 Å². The highest BCUT2D eigenvalue weighted by Crippen LogP contribution is 2.39. The topological polar surface area (TPSA) is 56.5 Å². The van der Waals surface area contributed by atoms with Crippen molar-refractivity contribution in [2.45, 2.75) is 12.0 Å². The second-order valence-electron chi connectivity index (χ2n) is 4.30. The third-order valence-electron chi connectivity index (χ3n) is 3.26. The molecule has 1 fully saturated rings. The molecule has 4 heteroatoms. The molecule has 0 amide bonds. The van der Waals surface area contributed by atoms with Crippen LogP contribution >= 0.6 is 0 Å². The summed E-state index contributed by atoms with van der Waals surface area (Å²) in [6.07, 6.45) is 0. The van der Waals surface area contributed by atoms with Crippen LogP contribution in [0.5, 0.6) is 11.5 Å². The van der Waals surface area contributed by atoms with Gasteiger partial charge in [0, 0.05) is 30.6 Å². The molecule has 0 saturated carbocycles. The van der Waals surface area contributed by atoms with E-state index in [1.165, 1.54) is 5.56 Å². The third-order valence-corrected chi connectivity index (χ3v) is 3.26. The zero-order chi connectivity index (χ0) is 11.0. The Hall–Kier alpha value is -1.26. The summed E-state index contributed by atoms with van der Waals surface area (Å²) in [5.74, 6) is 2.07. The van der Waals surface area contributed by atoms with Crippen LogP contribution in [-0.2, 0) is 0 Å². The first-order valence-electron chi connectivity index (χ1n) is 5.71. The Kier molecular flexibility index (Phi) is 2.46. The fourth-order valence-electron chi connectivity index (χ4n) is 2.43. The fourth-order valence-corrected chi connectivity index (χ4v) is 2.43. The number of nitrogens with one attached hydrogen (secondary N) is 1. The molecule has 0 aromatic heterocycles. The van der Waals surface area contributed by atoms with Crippen LogP contribution in [0.25, 0.3) is 0 Å². The lowest BCUT2D eigenvalue weighted by atomic mass is 9.93. The molecule has 16 heavy (non-hydrogen) atoms. The van der Waals surface area contributed by atoms with E-state index >= 15 is 0 Å². The van der Waals surface area contributed by atoms with Crippen LogP contribution in [-0.4, -0.2) is 32.3 Å². The normalized spacial score (nSPS) is 28.1. The minimum Gasteiger partial charge on any atom is -0.486 e. The van der Waals surface area contributed by atoms with Crippen molar-refractivity contribution in [1.82, 2.24) is 5.32 Å². The molecule has 2 aliphatic rings. The number of hydrogen-bond acceptors (Lipinski definition) is 4. The molecule has 0 spiro atoms. The Morgan fingerprint density at radius 1 is 1.19 bits per heavy atom. The van der Waals surface area contributed by atoms with Crippen molar-refractivity contribution in [1.29, 1.82) is 0 Å². The van der Waals surface area contributed by atoms with Crippen LogP contribution in [0, 0.1) is 0 Å². The average Bonchev–Trinajstić information content (AvgIpc) is 2.75. The third kappa shape index (κ3) is 1.54. The molecular weight excluding hydrogens is 204 g/mol. The highest BCUT2D eigenvalue weighted by atomic mass is 16.6. The van der Waals surface area contributed by atoms with Crippen molar-refractivity contribution in [3.63, 3.8) is 0 Å². The summed E-state index contributed by atoms with van der Waals surface area (Å²) in [6.45, 7) is 3.04. The number of benzene rings is 1. The lowest BCUT2D eigenvalue weighted by Crippen LogP contribution is -2.28. The Morgan fingerprint density at radius 3 is 2.88 bits per heavy atom. The predicted octanol–water partition coefficient (Wildman–Crippen LogP) is 0.472. The van der Waals surface area contributed by atoms with Gasteiger partial charge in [0.15, 0.2) is 11.5 Å². The zero-order valence-corrected chi connectivity index (χ0v) is 9.11. The molecule has 4 nitrogen and oxygen atoms in total. The summed E-state index contributed by atoms with van der Waals surface area (Å²) < 4.78 is 11.3. The van der Waals surface area contributed by atoms with Crippen molar-refractivity contribution in [2.75, 3.05) is 26.3 Å². The molecule has 2 heterocycles. The van der Waals surface area contributed by atoms with Crippen molar-refractivity contribution in [2.24, 2.45) is 5.73 Å². The van der Waals surface area contributed by atoms with Gasteiger partial charge in [-0.2, -0.15) is 0 Å². The number of rotatable bonds is 1. The van der Waals surface area contributed by atoms with E-state index in [1.807, 2.05) is 12.1 Å². The summed E-state index contributed by atoms with van der Waals surface area (Å²) in [7, 11) is 0. The van der Waals surface area contributed by atoms with Gasteiger partial charge in [-0.15, -0.1) is 0 Å². The smallest absolute Gasteiger partial charge is 0.164 e. The number of fused-ring (bicyclic) bond motifs is 1. The maximum atomic E-state index is 6.09. The van der Waals surface area contributed by atoms with Gasteiger partial charge in [0.2, 0.25) is 0 Å². The molecule has 2 aliphatic heterocycles. The van der Waals surface area contributed by atoms with Crippen LogP contribution in [0.1, 0.15) is 11.5 Å². The van der Waals surface area contributed by atoms with Gasteiger partial charge in [-0.25, -0.2) is 0 Å². The minimum atomic E-state index is 0.164. The molecule has 2 atom stereocenters. The maximum Gasteiger partial charge on any atom is 0.164 e. The summed E-state index contributed by atoms with van der Waals surface area (Å²) in [4.78, 5) is 0. The van der Waals surface area contributed by atoms with E-state index in [4.69, 9.17) is 15.2 Å². The summed E-state index contributed by atoms with van der Waals surface area (Å²) in [5.41, 5.74) is 7.26. The molecule has 1 saturated heterocycles. The van der Waals surface area contributed by atoms with Crippen molar-refractivity contribution >= 4 is 0 Å². The standard InChI is InChI=1S/C12H16N2O2/c13-10-7-14-6-9(10)8-2-1-3-11-12(8)16-5-4-15-11/h1-3,9-10,14H,4-7,13H2. The van der Waals surface area contributed by atoms with Crippen LogP contribution in [0.3, 0.4) is 0 Å². The lowest BCUT2D eigenvalue weighted by molar-refractivity contribution is 0.169. The molecular formula is C12H16N2O2. The van der Waals surface area contributed by atoms with E-state index < -0.39 is 0 Å². The molecule has 0 radical (unpaired) electrons. The van der Waals surface area contributed by atoms with E-state index in [1.54, 1.807) is 0 Å². The Balaban J connectivity index is 2.00. The first kappa shape index (κ1) is 9.93. The zero-order valence-electron chi connectivity index (χ0n) is 9.11. The highest BCUT2D eigenvalue weighted by molar-refractivity contribution is 5.50. The molecule has 0 aliphatic carbocycles. The fraction of sp³-hybridized carbons (Fsp3) is 0.500. The van der Waals surface area contributed by atoms with Crippen molar-refractivity contribution in [3.8, 4) is 11.5 Å². The van der Waals surface area contributed by atoms with Gasteiger partial charge >= 0.3 is 0 Å². The van der Waals surface area contributed by atoms with Gasteiger partial charge < -0.3 is 20.5 Å². The molecule has 1 aromatic carbocycles. The van der Waals surface area contributed by atoms with Gasteiger partial charge in [0.1, 0.15) is 13.2 Å². The Morgan fingerprint density at radius 2 is 2.06 bits per heavy atom. The second kappa shape index (κ2) is 3.96. The summed E-state index contributed by atoms with van der Waals surface area (Å²) in [5, 5.41) is 3.31. The number of ether oxygens (including phenoxy) is 2. The largest absolute Gasteiger partial charge is 0.486 e. The minimum absolute atomic E-state index is 0.164. The summed E-state index contributed by atoms with van der Waals surface area (Å²) >= 11 is 0. The van der Waals surface area contributed by atoms with Gasteiger partial charge in [-0.1, -0.05) is 12.1 Å². The second-order valence-corrected chi connectivity index (χ2v) is 4.30. The van der Waals surface area contributed by atoms with E-state index in [9.17, 15) is 0 Å². The Labute approximate surface area is 94.7 Å². The van der Waals surface area contributed by atoms with Crippen molar-refractivity contribution < 1.29 is 9.47 Å². The number of hydrogen-bond donors (Lipinski definition) is 2. The molecule has 3 N–H and O–H groups in total. The van der Waals surface area contributed by atoms with E-state index in [0.717, 1.165) is 24.6 Å². The van der Waals surface area contributed by atoms with Gasteiger partial charge in [0.05, 0.1) is 0 Å². The van der Waals surface area contributed by atoms with E-state index in [0.29, 0.717) is 19.1 Å². The first-order chi connectivity index (χ1) is 7.86. The first-order valence-corrected chi connectivity index (χ1v) is 5.71. The molecule has 3 rings (SSSR count). The molecule has 2 unspecified atom stereocenters. The molecule has 86 valence electrons. The Bertz CT molecular complexity index is 395. The number of para-hydroxylation sites is 1. The maximum absolute atomic E-state index is 6.09. The van der Waals surface area contributed by atoms with Crippen LogP contribution in [0.4, 0.5) is 0 Å². The summed E-state index contributed by atoms with van der Waals surface area (Å²) in [6, 6.07) is 6.21.